The number of hydrogen-bond acceptors (Lipinski definition) is 7. The van der Waals surface area contributed by atoms with E-state index in [-0.39, 0.29) is 18.0 Å². The zero-order chi connectivity index (χ0) is 21.8. The van der Waals surface area contributed by atoms with E-state index >= 15 is 0 Å². The SMILES string of the molecule is Cc1nc(COc2ccccc2/C=C/C(=O)N(C)Cc2nc3ccsc3c(=O)[nH]2)cs1. The van der Waals surface area contributed by atoms with Gasteiger partial charge in [-0.05, 0) is 30.5 Å². The Morgan fingerprint density at radius 3 is 2.87 bits per heavy atom. The van der Waals surface area contributed by atoms with Gasteiger partial charge in [-0.15, -0.1) is 22.7 Å². The molecule has 0 radical (unpaired) electrons. The highest BCUT2D eigenvalue weighted by Crippen LogP contribution is 2.21. The maximum Gasteiger partial charge on any atom is 0.268 e. The molecule has 0 unspecified atom stereocenters. The van der Waals surface area contributed by atoms with Gasteiger partial charge in [0.1, 0.15) is 22.9 Å². The lowest BCUT2D eigenvalue weighted by atomic mass is 10.2. The number of H-pyrrole nitrogens is 1. The number of fused-ring (bicyclic) bond motifs is 1. The second kappa shape index (κ2) is 9.23. The van der Waals surface area contributed by atoms with Gasteiger partial charge in [0.15, 0.2) is 0 Å². The van der Waals surface area contributed by atoms with Crippen molar-refractivity contribution < 1.29 is 9.53 Å². The first-order valence-corrected chi connectivity index (χ1v) is 11.3. The first kappa shape index (κ1) is 21.0. The van der Waals surface area contributed by atoms with Crippen LogP contribution >= 0.6 is 22.7 Å². The van der Waals surface area contributed by atoms with Gasteiger partial charge in [-0.2, -0.15) is 0 Å². The number of thiazole rings is 1. The van der Waals surface area contributed by atoms with Gasteiger partial charge in [0.2, 0.25) is 5.91 Å². The molecule has 0 bridgehead atoms. The number of aromatic amines is 1. The number of aryl methyl sites for hydroxylation is 1. The quantitative estimate of drug-likeness (QED) is 0.428. The molecule has 1 amide bonds. The maximum absolute atomic E-state index is 12.6. The molecule has 9 heteroatoms. The van der Waals surface area contributed by atoms with Crippen LogP contribution in [0.5, 0.6) is 5.75 Å². The van der Waals surface area contributed by atoms with Crippen LogP contribution in [0.4, 0.5) is 0 Å². The van der Waals surface area contributed by atoms with E-state index in [1.165, 1.54) is 22.3 Å². The van der Waals surface area contributed by atoms with Crippen LogP contribution in [0.1, 0.15) is 22.1 Å². The summed E-state index contributed by atoms with van der Waals surface area (Å²) in [7, 11) is 1.66. The van der Waals surface area contributed by atoms with Gasteiger partial charge in [-0.3, -0.25) is 9.59 Å². The van der Waals surface area contributed by atoms with Crippen molar-refractivity contribution in [3.8, 4) is 5.75 Å². The molecule has 31 heavy (non-hydrogen) atoms. The van der Waals surface area contributed by atoms with Gasteiger partial charge in [0.25, 0.3) is 5.56 Å². The summed E-state index contributed by atoms with van der Waals surface area (Å²) in [6, 6.07) is 9.31. The number of amides is 1. The first-order valence-electron chi connectivity index (χ1n) is 9.52. The predicted molar refractivity (Wildman–Crippen MR) is 123 cm³/mol. The number of aromatic nitrogens is 3. The maximum atomic E-state index is 12.6. The average molecular weight is 453 g/mol. The Morgan fingerprint density at radius 2 is 2.06 bits per heavy atom. The van der Waals surface area contributed by atoms with Gasteiger partial charge in [0.05, 0.1) is 22.8 Å². The summed E-state index contributed by atoms with van der Waals surface area (Å²) in [6.07, 6.45) is 3.20. The summed E-state index contributed by atoms with van der Waals surface area (Å²) in [5.41, 5.74) is 2.12. The number of thiophene rings is 1. The van der Waals surface area contributed by atoms with Crippen molar-refractivity contribution in [3.05, 3.63) is 79.6 Å². The fraction of sp³-hybridized carbons (Fsp3) is 0.182. The molecule has 4 aromatic rings. The minimum absolute atomic E-state index is 0.187. The minimum Gasteiger partial charge on any atom is -0.487 e. The smallest absolute Gasteiger partial charge is 0.268 e. The van der Waals surface area contributed by atoms with Crippen molar-refractivity contribution >= 4 is 44.9 Å². The van der Waals surface area contributed by atoms with Crippen LogP contribution in [0.3, 0.4) is 0 Å². The Bertz CT molecular complexity index is 1310. The number of carbonyl (C=O) groups is 1. The van der Waals surface area contributed by atoms with Gasteiger partial charge >= 0.3 is 0 Å². The highest BCUT2D eigenvalue weighted by Gasteiger charge is 2.11. The van der Waals surface area contributed by atoms with Crippen molar-refractivity contribution in [3.63, 3.8) is 0 Å². The first-order chi connectivity index (χ1) is 15.0. The summed E-state index contributed by atoms with van der Waals surface area (Å²) in [5.74, 6) is 0.911. The summed E-state index contributed by atoms with van der Waals surface area (Å²) in [4.78, 5) is 37.7. The lowest BCUT2D eigenvalue weighted by Gasteiger charge is -2.14. The van der Waals surface area contributed by atoms with Crippen LogP contribution in [-0.4, -0.2) is 32.8 Å². The zero-order valence-electron chi connectivity index (χ0n) is 17.0. The highest BCUT2D eigenvalue weighted by molar-refractivity contribution is 7.17. The number of carbonyl (C=O) groups excluding carboxylic acids is 1. The van der Waals surface area contributed by atoms with Crippen LogP contribution in [-0.2, 0) is 17.9 Å². The van der Waals surface area contributed by atoms with Crippen LogP contribution < -0.4 is 10.3 Å². The normalized spacial score (nSPS) is 11.3. The Morgan fingerprint density at radius 1 is 1.23 bits per heavy atom. The summed E-state index contributed by atoms with van der Waals surface area (Å²) in [5, 5.41) is 4.79. The van der Waals surface area contributed by atoms with Gasteiger partial charge in [0, 0.05) is 24.1 Å². The monoisotopic (exact) mass is 452 g/mol. The lowest BCUT2D eigenvalue weighted by Crippen LogP contribution is -2.26. The molecule has 1 N–H and O–H groups in total. The van der Waals surface area contributed by atoms with E-state index in [9.17, 15) is 9.59 Å². The number of ether oxygens (including phenoxy) is 1. The third kappa shape index (κ3) is 5.07. The molecule has 0 aliphatic rings. The van der Waals surface area contributed by atoms with E-state index in [2.05, 4.69) is 15.0 Å². The van der Waals surface area contributed by atoms with E-state index in [4.69, 9.17) is 4.74 Å². The standard InChI is InChI=1S/C22H20N4O3S2/c1-14-23-16(13-31-14)12-29-18-6-4-3-5-15(18)7-8-20(27)26(2)11-19-24-17-9-10-30-21(17)22(28)25-19/h3-10,13H,11-12H2,1-2H3,(H,24,25,28)/b8-7+. The summed E-state index contributed by atoms with van der Waals surface area (Å²) < 4.78 is 6.48. The van der Waals surface area contributed by atoms with Crippen molar-refractivity contribution in [1.29, 1.82) is 0 Å². The van der Waals surface area contributed by atoms with Crippen molar-refractivity contribution in [2.45, 2.75) is 20.1 Å². The predicted octanol–water partition coefficient (Wildman–Crippen LogP) is 4.00. The fourth-order valence-corrected chi connectivity index (χ4v) is 4.29. The molecular formula is C22H20N4O3S2. The molecule has 0 saturated heterocycles. The number of nitrogens with one attached hydrogen (secondary N) is 1. The molecule has 0 spiro atoms. The van der Waals surface area contributed by atoms with Gasteiger partial charge in [-0.25, -0.2) is 9.97 Å². The number of nitrogens with zero attached hydrogens (tertiary/aromatic N) is 3. The lowest BCUT2D eigenvalue weighted by molar-refractivity contribution is -0.125. The summed E-state index contributed by atoms with van der Waals surface area (Å²) >= 11 is 2.93. The Labute approximate surface area is 186 Å². The van der Waals surface area contributed by atoms with Crippen molar-refractivity contribution in [2.24, 2.45) is 0 Å². The zero-order valence-corrected chi connectivity index (χ0v) is 18.6. The van der Waals surface area contributed by atoms with Crippen LogP contribution in [0.25, 0.3) is 16.3 Å². The Kier molecular flexibility index (Phi) is 6.24. The van der Waals surface area contributed by atoms with E-state index in [1.54, 1.807) is 30.5 Å². The second-order valence-electron chi connectivity index (χ2n) is 6.86. The van der Waals surface area contributed by atoms with Crippen LogP contribution in [0, 0.1) is 6.92 Å². The molecule has 0 fully saturated rings. The Hall–Kier alpha value is -3.30. The summed E-state index contributed by atoms with van der Waals surface area (Å²) in [6.45, 7) is 2.52. The number of hydrogen-bond donors (Lipinski definition) is 1. The molecule has 0 aliphatic heterocycles. The number of para-hydroxylation sites is 1. The largest absolute Gasteiger partial charge is 0.487 e. The molecular weight excluding hydrogens is 432 g/mol. The second-order valence-corrected chi connectivity index (χ2v) is 8.84. The van der Waals surface area contributed by atoms with Gasteiger partial charge in [-0.1, -0.05) is 18.2 Å². The molecule has 0 aliphatic carbocycles. The van der Waals surface area contributed by atoms with Crippen LogP contribution in [0.2, 0.25) is 0 Å². The molecule has 4 rings (SSSR count). The topological polar surface area (TPSA) is 88.2 Å². The molecule has 7 nitrogen and oxygen atoms in total. The molecule has 0 atom stereocenters. The molecule has 3 aromatic heterocycles. The van der Waals surface area contributed by atoms with E-state index in [1.807, 2.05) is 41.9 Å². The minimum atomic E-state index is -0.210. The molecule has 1 aromatic carbocycles. The Balaban J connectivity index is 1.42. The van der Waals surface area contributed by atoms with E-state index in [0.29, 0.717) is 28.4 Å². The number of benzene rings is 1. The highest BCUT2D eigenvalue weighted by atomic mass is 32.1. The third-order valence-electron chi connectivity index (χ3n) is 4.49. The number of rotatable bonds is 7. The molecule has 0 saturated carbocycles. The van der Waals surface area contributed by atoms with Gasteiger partial charge < -0.3 is 14.6 Å². The molecule has 3 heterocycles. The fourth-order valence-electron chi connectivity index (χ4n) is 2.96. The van der Waals surface area contributed by atoms with Crippen molar-refractivity contribution in [1.82, 2.24) is 19.9 Å². The van der Waals surface area contributed by atoms with Crippen molar-refractivity contribution in [2.75, 3.05) is 7.05 Å². The van der Waals surface area contributed by atoms with Crippen LogP contribution in [0.15, 0.2) is 52.0 Å². The third-order valence-corrected chi connectivity index (χ3v) is 6.22. The van der Waals surface area contributed by atoms with E-state index < -0.39 is 0 Å². The average Bonchev–Trinajstić information content (AvgIpc) is 3.40. The van der Waals surface area contributed by atoms with E-state index in [0.717, 1.165) is 16.3 Å². The number of likely N-dealkylation sites (N-methyl/N-ethyl adjacent to an activating group) is 1. The molecule has 158 valence electrons.